The fourth-order valence-electron chi connectivity index (χ4n) is 2.43. The number of nitrogens with one attached hydrogen (secondary N) is 1. The van der Waals surface area contributed by atoms with Crippen LogP contribution in [0.4, 0.5) is 0 Å². The van der Waals surface area contributed by atoms with E-state index in [0.717, 1.165) is 26.0 Å². The standard InChI is InChI=1S/C17H29NO/c1-6-14-9-11-15(12-10-14)13-16(18-7-2)17(4,5)19-8-3/h9-12,16,18H,6-8,13H2,1-5H3. The van der Waals surface area contributed by atoms with Crippen molar-refractivity contribution >= 4 is 0 Å². The molecule has 0 saturated carbocycles. The first-order valence-corrected chi connectivity index (χ1v) is 7.48. The Morgan fingerprint density at radius 1 is 1.05 bits per heavy atom. The van der Waals surface area contributed by atoms with E-state index in [1.807, 2.05) is 0 Å². The molecule has 1 aromatic carbocycles. The van der Waals surface area contributed by atoms with Crippen LogP contribution in [0.3, 0.4) is 0 Å². The number of ether oxygens (including phenoxy) is 1. The molecule has 0 heterocycles. The first-order chi connectivity index (χ1) is 9.03. The van der Waals surface area contributed by atoms with Gasteiger partial charge in [0.25, 0.3) is 0 Å². The van der Waals surface area contributed by atoms with E-state index in [4.69, 9.17) is 4.74 Å². The zero-order valence-corrected chi connectivity index (χ0v) is 13.1. The Bertz CT molecular complexity index is 356. The van der Waals surface area contributed by atoms with Gasteiger partial charge >= 0.3 is 0 Å². The molecule has 2 heteroatoms. The first kappa shape index (κ1) is 16.2. The van der Waals surface area contributed by atoms with Crippen LogP contribution in [0.25, 0.3) is 0 Å². The molecular formula is C17H29NO. The highest BCUT2D eigenvalue weighted by atomic mass is 16.5. The highest BCUT2D eigenvalue weighted by molar-refractivity contribution is 5.23. The van der Waals surface area contributed by atoms with Gasteiger partial charge in [-0.25, -0.2) is 0 Å². The van der Waals surface area contributed by atoms with E-state index in [9.17, 15) is 0 Å². The van der Waals surface area contributed by atoms with E-state index in [2.05, 4.69) is 64.2 Å². The fourth-order valence-corrected chi connectivity index (χ4v) is 2.43. The molecule has 0 bridgehead atoms. The lowest BCUT2D eigenvalue weighted by Crippen LogP contribution is -2.50. The van der Waals surface area contributed by atoms with Gasteiger partial charge in [0.05, 0.1) is 5.60 Å². The van der Waals surface area contributed by atoms with Crippen LogP contribution in [0.15, 0.2) is 24.3 Å². The van der Waals surface area contributed by atoms with Gasteiger partial charge in [-0.3, -0.25) is 0 Å². The normalized spacial score (nSPS) is 13.5. The summed E-state index contributed by atoms with van der Waals surface area (Å²) in [5.41, 5.74) is 2.62. The first-order valence-electron chi connectivity index (χ1n) is 7.48. The molecule has 0 spiro atoms. The molecule has 0 amide bonds. The third-order valence-electron chi connectivity index (χ3n) is 3.68. The van der Waals surface area contributed by atoms with E-state index >= 15 is 0 Å². The van der Waals surface area contributed by atoms with Crippen molar-refractivity contribution in [2.75, 3.05) is 13.2 Å². The zero-order chi connectivity index (χ0) is 14.3. The SMILES string of the molecule is CCNC(Cc1ccc(CC)cc1)C(C)(C)OCC. The predicted molar refractivity (Wildman–Crippen MR) is 82.7 cm³/mol. The fraction of sp³-hybridized carbons (Fsp3) is 0.647. The summed E-state index contributed by atoms with van der Waals surface area (Å²) in [5.74, 6) is 0. The molecule has 1 N–H and O–H groups in total. The van der Waals surface area contributed by atoms with E-state index in [1.54, 1.807) is 0 Å². The molecule has 1 unspecified atom stereocenters. The maximum absolute atomic E-state index is 5.90. The monoisotopic (exact) mass is 263 g/mol. The maximum Gasteiger partial charge on any atom is 0.0781 e. The topological polar surface area (TPSA) is 21.3 Å². The Kier molecular flexibility index (Phi) is 6.53. The third kappa shape index (κ3) is 4.96. The molecule has 0 aliphatic heterocycles. The van der Waals surface area contributed by atoms with Crippen LogP contribution in [0.1, 0.15) is 45.7 Å². The Morgan fingerprint density at radius 2 is 1.63 bits per heavy atom. The summed E-state index contributed by atoms with van der Waals surface area (Å²) in [5, 5.41) is 3.56. The number of rotatable bonds is 8. The molecule has 0 aromatic heterocycles. The molecule has 2 nitrogen and oxygen atoms in total. The molecule has 0 radical (unpaired) electrons. The Labute approximate surface area is 118 Å². The zero-order valence-electron chi connectivity index (χ0n) is 13.1. The maximum atomic E-state index is 5.90. The second-order valence-electron chi connectivity index (χ2n) is 5.52. The van der Waals surface area contributed by atoms with Crippen molar-refractivity contribution in [3.63, 3.8) is 0 Å². The van der Waals surface area contributed by atoms with Gasteiger partial charge in [-0.05, 0) is 51.3 Å². The summed E-state index contributed by atoms with van der Waals surface area (Å²) < 4.78 is 5.90. The quantitative estimate of drug-likeness (QED) is 0.774. The summed E-state index contributed by atoms with van der Waals surface area (Å²) in [4.78, 5) is 0. The van der Waals surface area contributed by atoms with Crippen molar-refractivity contribution in [2.24, 2.45) is 0 Å². The van der Waals surface area contributed by atoms with Gasteiger partial charge in [-0.2, -0.15) is 0 Å². The van der Waals surface area contributed by atoms with Gasteiger partial charge in [-0.15, -0.1) is 0 Å². The van der Waals surface area contributed by atoms with Crippen LogP contribution in [0, 0.1) is 0 Å². The minimum absolute atomic E-state index is 0.145. The molecule has 0 saturated heterocycles. The number of likely N-dealkylation sites (N-methyl/N-ethyl adjacent to an activating group) is 1. The van der Waals surface area contributed by atoms with Crippen LogP contribution in [0.5, 0.6) is 0 Å². The number of aryl methyl sites for hydroxylation is 1. The van der Waals surface area contributed by atoms with E-state index in [1.165, 1.54) is 11.1 Å². The summed E-state index contributed by atoms with van der Waals surface area (Å²) in [6.45, 7) is 12.5. The number of benzene rings is 1. The molecule has 1 aromatic rings. The highest BCUT2D eigenvalue weighted by Crippen LogP contribution is 2.19. The number of hydrogen-bond donors (Lipinski definition) is 1. The molecule has 1 atom stereocenters. The second-order valence-corrected chi connectivity index (χ2v) is 5.52. The predicted octanol–water partition coefficient (Wildman–Crippen LogP) is 3.58. The minimum Gasteiger partial charge on any atom is -0.374 e. The van der Waals surface area contributed by atoms with Crippen LogP contribution < -0.4 is 5.32 Å². The van der Waals surface area contributed by atoms with Crippen molar-refractivity contribution in [3.8, 4) is 0 Å². The van der Waals surface area contributed by atoms with Gasteiger partial charge < -0.3 is 10.1 Å². The van der Waals surface area contributed by atoms with Crippen molar-refractivity contribution in [1.82, 2.24) is 5.32 Å². The van der Waals surface area contributed by atoms with Gasteiger partial charge in [0.1, 0.15) is 0 Å². The van der Waals surface area contributed by atoms with E-state index < -0.39 is 0 Å². The van der Waals surface area contributed by atoms with E-state index in [-0.39, 0.29) is 5.60 Å². The average molecular weight is 263 g/mol. The largest absolute Gasteiger partial charge is 0.374 e. The second kappa shape index (κ2) is 7.66. The lowest BCUT2D eigenvalue weighted by molar-refractivity contribution is -0.0376. The molecule has 0 fully saturated rings. The Balaban J connectivity index is 2.76. The van der Waals surface area contributed by atoms with Crippen LogP contribution in [-0.2, 0) is 17.6 Å². The lowest BCUT2D eigenvalue weighted by Gasteiger charge is -2.35. The smallest absolute Gasteiger partial charge is 0.0781 e. The molecule has 108 valence electrons. The summed E-state index contributed by atoms with van der Waals surface area (Å²) in [7, 11) is 0. The van der Waals surface area contributed by atoms with Gasteiger partial charge in [0.15, 0.2) is 0 Å². The number of hydrogen-bond acceptors (Lipinski definition) is 2. The van der Waals surface area contributed by atoms with E-state index in [0.29, 0.717) is 6.04 Å². The van der Waals surface area contributed by atoms with Crippen molar-refractivity contribution in [3.05, 3.63) is 35.4 Å². The van der Waals surface area contributed by atoms with Gasteiger partial charge in [-0.1, -0.05) is 38.1 Å². The summed E-state index contributed by atoms with van der Waals surface area (Å²) >= 11 is 0. The third-order valence-corrected chi connectivity index (χ3v) is 3.68. The van der Waals surface area contributed by atoms with Crippen molar-refractivity contribution in [2.45, 2.75) is 59.1 Å². The molecular weight excluding hydrogens is 234 g/mol. The molecule has 0 aliphatic carbocycles. The highest BCUT2D eigenvalue weighted by Gasteiger charge is 2.29. The van der Waals surface area contributed by atoms with Crippen LogP contribution >= 0.6 is 0 Å². The summed E-state index contributed by atoms with van der Waals surface area (Å²) in [6.07, 6.45) is 2.10. The van der Waals surface area contributed by atoms with Crippen molar-refractivity contribution < 1.29 is 4.74 Å². The lowest BCUT2D eigenvalue weighted by atomic mass is 9.91. The Hall–Kier alpha value is -0.860. The van der Waals surface area contributed by atoms with Crippen molar-refractivity contribution in [1.29, 1.82) is 0 Å². The Morgan fingerprint density at radius 3 is 2.11 bits per heavy atom. The average Bonchev–Trinajstić information content (AvgIpc) is 2.39. The minimum atomic E-state index is -0.145. The van der Waals surface area contributed by atoms with Crippen LogP contribution in [0.2, 0.25) is 0 Å². The van der Waals surface area contributed by atoms with Crippen LogP contribution in [-0.4, -0.2) is 24.8 Å². The summed E-state index contributed by atoms with van der Waals surface area (Å²) in [6, 6.07) is 9.28. The molecule has 0 aliphatic rings. The molecule has 1 rings (SSSR count). The van der Waals surface area contributed by atoms with Gasteiger partial charge in [0.2, 0.25) is 0 Å². The molecule has 19 heavy (non-hydrogen) atoms. The van der Waals surface area contributed by atoms with Gasteiger partial charge in [0, 0.05) is 12.6 Å².